The zero-order valence-corrected chi connectivity index (χ0v) is 10.2. The van der Waals surface area contributed by atoms with E-state index in [1.807, 2.05) is 36.3 Å². The van der Waals surface area contributed by atoms with E-state index in [-0.39, 0.29) is 6.04 Å². The molecule has 0 fully saturated rings. The minimum atomic E-state index is 0.143. The molecule has 0 radical (unpaired) electrons. The molecule has 1 aliphatic rings. The van der Waals surface area contributed by atoms with Crippen LogP contribution >= 0.6 is 11.8 Å². The van der Waals surface area contributed by atoms with E-state index >= 15 is 0 Å². The number of nitrogens with zero attached hydrogens (tertiary/aromatic N) is 1. The monoisotopic (exact) mass is 242 g/mol. The van der Waals surface area contributed by atoms with E-state index in [2.05, 4.69) is 29.2 Å². The normalized spacial score (nSPS) is 22.4. The number of benzene rings is 1. The fourth-order valence-electron chi connectivity index (χ4n) is 2.30. The van der Waals surface area contributed by atoms with Crippen LogP contribution in [0.3, 0.4) is 0 Å². The first kappa shape index (κ1) is 10.8. The van der Waals surface area contributed by atoms with Crippen molar-refractivity contribution in [2.45, 2.75) is 22.6 Å². The second kappa shape index (κ2) is 4.51. The van der Waals surface area contributed by atoms with Crippen molar-refractivity contribution in [3.05, 3.63) is 59.9 Å². The summed E-state index contributed by atoms with van der Waals surface area (Å²) in [5.41, 5.74) is 9.00. The minimum Gasteiger partial charge on any atom is -0.323 e. The van der Waals surface area contributed by atoms with Crippen molar-refractivity contribution >= 4 is 11.8 Å². The highest BCUT2D eigenvalue weighted by Crippen LogP contribution is 2.39. The molecule has 1 aromatic carbocycles. The van der Waals surface area contributed by atoms with Crippen molar-refractivity contribution in [3.8, 4) is 0 Å². The van der Waals surface area contributed by atoms with Gasteiger partial charge < -0.3 is 5.73 Å². The molecule has 3 heteroatoms. The van der Waals surface area contributed by atoms with Crippen molar-refractivity contribution in [1.82, 2.24) is 4.98 Å². The van der Waals surface area contributed by atoms with Gasteiger partial charge in [-0.05, 0) is 29.7 Å². The summed E-state index contributed by atoms with van der Waals surface area (Å²) in [6.45, 7) is 0. The maximum absolute atomic E-state index is 6.30. The molecule has 2 N–H and O–H groups in total. The molecule has 17 heavy (non-hydrogen) atoms. The Kier molecular flexibility index (Phi) is 2.87. The summed E-state index contributed by atoms with van der Waals surface area (Å²) in [5, 5.41) is 0.440. The van der Waals surface area contributed by atoms with E-state index in [1.165, 1.54) is 16.0 Å². The lowest BCUT2D eigenvalue weighted by Gasteiger charge is -2.15. The lowest BCUT2D eigenvalue weighted by molar-refractivity contribution is 0.731. The quantitative estimate of drug-likeness (QED) is 0.880. The van der Waals surface area contributed by atoms with Crippen molar-refractivity contribution in [2.24, 2.45) is 5.73 Å². The van der Waals surface area contributed by atoms with Crippen LogP contribution in [-0.2, 0) is 6.42 Å². The third-order valence-electron chi connectivity index (χ3n) is 3.17. The van der Waals surface area contributed by atoms with Gasteiger partial charge in [0, 0.05) is 28.6 Å². The van der Waals surface area contributed by atoms with E-state index in [4.69, 9.17) is 5.73 Å². The number of aromatic nitrogens is 1. The van der Waals surface area contributed by atoms with Crippen LogP contribution in [-0.4, -0.2) is 10.2 Å². The van der Waals surface area contributed by atoms with Gasteiger partial charge in [0.05, 0.1) is 0 Å². The van der Waals surface area contributed by atoms with E-state index in [1.54, 1.807) is 0 Å². The van der Waals surface area contributed by atoms with Gasteiger partial charge in [0.2, 0.25) is 0 Å². The summed E-state index contributed by atoms with van der Waals surface area (Å²) in [4.78, 5) is 5.28. The summed E-state index contributed by atoms with van der Waals surface area (Å²) in [5.74, 6) is 0. The Bertz CT molecular complexity index is 513. The Morgan fingerprint density at radius 2 is 1.88 bits per heavy atom. The van der Waals surface area contributed by atoms with Crippen LogP contribution in [0, 0.1) is 0 Å². The van der Waals surface area contributed by atoms with Gasteiger partial charge in [-0.3, -0.25) is 4.98 Å². The molecule has 2 aromatic rings. The van der Waals surface area contributed by atoms with Gasteiger partial charge in [0.15, 0.2) is 0 Å². The lowest BCUT2D eigenvalue weighted by atomic mass is 10.1. The fourth-order valence-corrected chi connectivity index (χ4v) is 3.48. The molecule has 1 heterocycles. The molecule has 0 saturated heterocycles. The number of fused-ring (bicyclic) bond motifs is 1. The molecule has 0 amide bonds. The van der Waals surface area contributed by atoms with E-state index in [0.29, 0.717) is 5.25 Å². The number of pyridine rings is 1. The second-order valence-corrected chi connectivity index (χ2v) is 5.58. The molecule has 0 aliphatic heterocycles. The van der Waals surface area contributed by atoms with Gasteiger partial charge in [0.25, 0.3) is 0 Å². The van der Waals surface area contributed by atoms with Gasteiger partial charge in [-0.1, -0.05) is 24.3 Å². The van der Waals surface area contributed by atoms with Gasteiger partial charge in [-0.2, -0.15) is 0 Å². The van der Waals surface area contributed by atoms with Gasteiger partial charge in [-0.25, -0.2) is 0 Å². The zero-order valence-electron chi connectivity index (χ0n) is 9.41. The first-order valence-corrected chi connectivity index (χ1v) is 6.62. The highest BCUT2D eigenvalue weighted by molar-refractivity contribution is 8.00. The first-order chi connectivity index (χ1) is 8.34. The smallest absolute Gasteiger partial charge is 0.0425 e. The van der Waals surface area contributed by atoms with E-state index in [0.717, 1.165) is 6.42 Å². The molecule has 0 bridgehead atoms. The van der Waals surface area contributed by atoms with Crippen molar-refractivity contribution in [1.29, 1.82) is 0 Å². The molecular formula is C14H14N2S. The molecule has 2 unspecified atom stereocenters. The number of thioether (sulfide) groups is 1. The topological polar surface area (TPSA) is 38.9 Å². The summed E-state index contributed by atoms with van der Waals surface area (Å²) in [6.07, 6.45) is 4.72. The third-order valence-corrected chi connectivity index (χ3v) is 4.48. The molecule has 2 nitrogen and oxygen atoms in total. The van der Waals surface area contributed by atoms with Gasteiger partial charge in [-0.15, -0.1) is 11.8 Å². The lowest BCUT2D eigenvalue weighted by Crippen LogP contribution is -2.18. The van der Waals surface area contributed by atoms with Crippen LogP contribution in [0.1, 0.15) is 17.2 Å². The fraction of sp³-hybridized carbons (Fsp3) is 0.214. The second-order valence-electron chi connectivity index (χ2n) is 4.27. The van der Waals surface area contributed by atoms with Gasteiger partial charge in [0.1, 0.15) is 0 Å². The summed E-state index contributed by atoms with van der Waals surface area (Å²) in [7, 11) is 0. The maximum atomic E-state index is 6.30. The molecular weight excluding hydrogens is 228 g/mol. The van der Waals surface area contributed by atoms with Crippen molar-refractivity contribution in [3.63, 3.8) is 0 Å². The Balaban J connectivity index is 1.81. The molecule has 2 atom stereocenters. The highest BCUT2D eigenvalue weighted by Gasteiger charge is 2.29. The summed E-state index contributed by atoms with van der Waals surface area (Å²) >= 11 is 1.85. The average Bonchev–Trinajstić information content (AvgIpc) is 2.68. The Morgan fingerprint density at radius 3 is 2.65 bits per heavy atom. The molecule has 1 aliphatic carbocycles. The highest BCUT2D eigenvalue weighted by atomic mass is 32.2. The van der Waals surface area contributed by atoms with Crippen LogP contribution in [0.4, 0.5) is 0 Å². The molecule has 0 spiro atoms. The Hall–Kier alpha value is -1.32. The minimum absolute atomic E-state index is 0.143. The molecule has 3 rings (SSSR count). The van der Waals surface area contributed by atoms with E-state index < -0.39 is 0 Å². The number of hydrogen-bond donors (Lipinski definition) is 1. The number of nitrogens with two attached hydrogens (primary N) is 1. The largest absolute Gasteiger partial charge is 0.323 e. The maximum Gasteiger partial charge on any atom is 0.0425 e. The Morgan fingerprint density at radius 1 is 1.12 bits per heavy atom. The predicted molar refractivity (Wildman–Crippen MR) is 71.0 cm³/mol. The number of rotatable bonds is 2. The summed E-state index contributed by atoms with van der Waals surface area (Å²) < 4.78 is 0. The van der Waals surface area contributed by atoms with Crippen LogP contribution in [0.2, 0.25) is 0 Å². The predicted octanol–water partition coefficient (Wildman–Crippen LogP) is 2.80. The van der Waals surface area contributed by atoms with Crippen molar-refractivity contribution in [2.75, 3.05) is 0 Å². The van der Waals surface area contributed by atoms with Crippen LogP contribution in [0.5, 0.6) is 0 Å². The first-order valence-electron chi connectivity index (χ1n) is 5.74. The zero-order chi connectivity index (χ0) is 11.7. The number of hydrogen-bond acceptors (Lipinski definition) is 3. The van der Waals surface area contributed by atoms with Crippen LogP contribution in [0.15, 0.2) is 53.7 Å². The van der Waals surface area contributed by atoms with Crippen LogP contribution in [0.25, 0.3) is 0 Å². The molecule has 1 aromatic heterocycles. The standard InChI is InChI=1S/C14H14N2S/c15-14-12-4-2-1-3-10(12)9-13(14)17-11-5-7-16-8-6-11/h1-8,13-14H,9,15H2. The molecule has 86 valence electrons. The summed E-state index contributed by atoms with van der Waals surface area (Å²) in [6, 6.07) is 12.7. The van der Waals surface area contributed by atoms with Gasteiger partial charge >= 0.3 is 0 Å². The average molecular weight is 242 g/mol. The van der Waals surface area contributed by atoms with Crippen LogP contribution < -0.4 is 5.73 Å². The SMILES string of the molecule is NC1c2ccccc2CC1Sc1ccncc1. The Labute approximate surface area is 105 Å². The van der Waals surface area contributed by atoms with E-state index in [9.17, 15) is 0 Å². The third kappa shape index (κ3) is 2.08. The molecule has 0 saturated carbocycles. The van der Waals surface area contributed by atoms with Crippen molar-refractivity contribution < 1.29 is 0 Å².